The molecule has 1 aliphatic heterocycles. The maximum atomic E-state index is 12.7. The first-order valence-electron chi connectivity index (χ1n) is 11.6. The molecule has 9 heteroatoms. The molecule has 4 rings (SSSR count). The Balaban J connectivity index is 1.37. The van der Waals surface area contributed by atoms with E-state index in [0.29, 0.717) is 18.7 Å². The Morgan fingerprint density at radius 1 is 1.18 bits per heavy atom. The van der Waals surface area contributed by atoms with Gasteiger partial charge in [-0.25, -0.2) is 9.67 Å². The highest BCUT2D eigenvalue weighted by Crippen LogP contribution is 2.30. The van der Waals surface area contributed by atoms with Gasteiger partial charge in [-0.2, -0.15) is 0 Å². The predicted octanol–water partition coefficient (Wildman–Crippen LogP) is 2.87. The minimum Gasteiger partial charge on any atom is -0.479 e. The molecule has 1 aliphatic rings. The van der Waals surface area contributed by atoms with Crippen molar-refractivity contribution in [3.63, 3.8) is 0 Å². The van der Waals surface area contributed by atoms with E-state index in [1.807, 2.05) is 45.2 Å². The van der Waals surface area contributed by atoms with Crippen molar-refractivity contribution < 1.29 is 14.3 Å². The maximum Gasteiger partial charge on any atom is 0.242 e. The van der Waals surface area contributed by atoms with E-state index < -0.39 is 0 Å². The van der Waals surface area contributed by atoms with Gasteiger partial charge in [-0.05, 0) is 68.5 Å². The van der Waals surface area contributed by atoms with Gasteiger partial charge in [0.05, 0.1) is 12.5 Å². The minimum atomic E-state index is -0.210. The van der Waals surface area contributed by atoms with Gasteiger partial charge in [0.1, 0.15) is 0 Å². The number of carbonyl (C=O) groups excluding carboxylic acids is 2. The third-order valence-electron chi connectivity index (χ3n) is 6.73. The molecule has 0 spiro atoms. The summed E-state index contributed by atoms with van der Waals surface area (Å²) in [6, 6.07) is 7.83. The second-order valence-corrected chi connectivity index (χ2v) is 8.89. The summed E-state index contributed by atoms with van der Waals surface area (Å²) in [6.45, 7) is 5.60. The second kappa shape index (κ2) is 9.70. The van der Waals surface area contributed by atoms with Crippen LogP contribution in [-0.2, 0) is 23.1 Å². The standard InChI is InChI=1S/C25H32N6O3/c1-15-20(16(2)27-24-22(15)25(34-4)29-30(24)3)9-10-21(32)28-18-5-7-19(8-6-18)31-13-11-17(12-14-31)23(26)33/h5-8,17H,9-14H2,1-4H3,(H2,26,33)(H,28,32). The number of aromatic nitrogens is 3. The number of hydrogen-bond acceptors (Lipinski definition) is 6. The van der Waals surface area contributed by atoms with Gasteiger partial charge in [0.15, 0.2) is 5.65 Å². The highest BCUT2D eigenvalue weighted by atomic mass is 16.5. The summed E-state index contributed by atoms with van der Waals surface area (Å²) in [5.41, 5.74) is 11.0. The fourth-order valence-corrected chi connectivity index (χ4v) is 4.75. The predicted molar refractivity (Wildman–Crippen MR) is 132 cm³/mol. The molecule has 1 aromatic carbocycles. The molecule has 9 nitrogen and oxygen atoms in total. The molecule has 180 valence electrons. The number of anilines is 2. The molecule has 1 fully saturated rings. The van der Waals surface area contributed by atoms with E-state index in [4.69, 9.17) is 15.5 Å². The Bertz CT molecular complexity index is 1210. The number of aryl methyl sites for hydroxylation is 3. The van der Waals surface area contributed by atoms with Crippen molar-refractivity contribution in [1.29, 1.82) is 0 Å². The van der Waals surface area contributed by atoms with E-state index in [-0.39, 0.29) is 17.7 Å². The molecule has 0 unspecified atom stereocenters. The number of primary amides is 1. The average Bonchev–Trinajstić information content (AvgIpc) is 3.15. The lowest BCUT2D eigenvalue weighted by molar-refractivity contribution is -0.122. The maximum absolute atomic E-state index is 12.7. The van der Waals surface area contributed by atoms with Crippen LogP contribution >= 0.6 is 0 Å². The lowest BCUT2D eigenvalue weighted by Gasteiger charge is -2.32. The molecular weight excluding hydrogens is 432 g/mol. The average molecular weight is 465 g/mol. The molecule has 3 aromatic rings. The number of methoxy groups -OCH3 is 1. The number of hydrogen-bond donors (Lipinski definition) is 2. The molecular formula is C25H32N6O3. The largest absolute Gasteiger partial charge is 0.479 e. The number of benzene rings is 1. The van der Waals surface area contributed by atoms with E-state index in [1.165, 1.54) is 0 Å². The molecule has 3 N–H and O–H groups in total. The van der Waals surface area contributed by atoms with Crippen LogP contribution in [0.2, 0.25) is 0 Å². The number of nitrogens with zero attached hydrogens (tertiary/aromatic N) is 4. The first-order chi connectivity index (χ1) is 16.3. The van der Waals surface area contributed by atoms with Gasteiger partial charge in [0, 0.05) is 49.5 Å². The zero-order valence-electron chi connectivity index (χ0n) is 20.2. The summed E-state index contributed by atoms with van der Waals surface area (Å²) in [5, 5.41) is 8.26. The summed E-state index contributed by atoms with van der Waals surface area (Å²) in [6.07, 6.45) is 2.48. The normalized spacial score (nSPS) is 14.4. The van der Waals surface area contributed by atoms with Crippen LogP contribution in [0, 0.1) is 19.8 Å². The van der Waals surface area contributed by atoms with E-state index >= 15 is 0 Å². The van der Waals surface area contributed by atoms with Crippen LogP contribution in [0.3, 0.4) is 0 Å². The molecule has 2 aromatic heterocycles. The van der Waals surface area contributed by atoms with Crippen LogP contribution in [-0.4, -0.2) is 46.8 Å². The molecule has 2 amide bonds. The van der Waals surface area contributed by atoms with Crippen molar-refractivity contribution in [3.8, 4) is 5.88 Å². The minimum absolute atomic E-state index is 0.0303. The number of ether oxygens (including phenoxy) is 1. The van der Waals surface area contributed by atoms with Gasteiger partial charge < -0.3 is 20.7 Å². The number of carbonyl (C=O) groups is 2. The van der Waals surface area contributed by atoms with Crippen molar-refractivity contribution >= 4 is 34.2 Å². The fraction of sp³-hybridized carbons (Fsp3) is 0.440. The molecule has 0 bridgehead atoms. The van der Waals surface area contributed by atoms with E-state index in [0.717, 1.165) is 65.2 Å². The zero-order valence-corrected chi connectivity index (χ0v) is 20.2. The molecule has 3 heterocycles. The quantitative estimate of drug-likeness (QED) is 0.556. The number of nitrogens with one attached hydrogen (secondary N) is 1. The summed E-state index contributed by atoms with van der Waals surface area (Å²) in [7, 11) is 3.45. The number of rotatable bonds is 7. The number of amides is 2. The van der Waals surface area contributed by atoms with Crippen LogP contribution in [0.5, 0.6) is 5.88 Å². The number of piperidine rings is 1. The van der Waals surface area contributed by atoms with Crippen molar-refractivity contribution in [1.82, 2.24) is 14.8 Å². The van der Waals surface area contributed by atoms with Crippen LogP contribution in [0.4, 0.5) is 11.4 Å². The second-order valence-electron chi connectivity index (χ2n) is 8.89. The van der Waals surface area contributed by atoms with Gasteiger partial charge >= 0.3 is 0 Å². The zero-order chi connectivity index (χ0) is 24.4. The Kier molecular flexibility index (Phi) is 6.72. The van der Waals surface area contributed by atoms with Crippen LogP contribution in [0.1, 0.15) is 36.1 Å². The van der Waals surface area contributed by atoms with Gasteiger partial charge in [-0.1, -0.05) is 0 Å². The third kappa shape index (κ3) is 4.69. The van der Waals surface area contributed by atoms with E-state index in [2.05, 4.69) is 15.3 Å². The summed E-state index contributed by atoms with van der Waals surface area (Å²) < 4.78 is 7.14. The lowest BCUT2D eigenvalue weighted by Crippen LogP contribution is -2.38. The number of pyridine rings is 1. The number of fused-ring (bicyclic) bond motifs is 1. The van der Waals surface area contributed by atoms with Crippen molar-refractivity contribution in [2.45, 2.75) is 39.5 Å². The fourth-order valence-electron chi connectivity index (χ4n) is 4.75. The number of nitrogens with two attached hydrogens (primary N) is 1. The van der Waals surface area contributed by atoms with Gasteiger partial charge in [0.2, 0.25) is 17.7 Å². The highest BCUT2D eigenvalue weighted by Gasteiger charge is 2.23. The van der Waals surface area contributed by atoms with Gasteiger partial charge in [-0.3, -0.25) is 9.59 Å². The van der Waals surface area contributed by atoms with Crippen LogP contribution < -0.4 is 20.7 Å². The summed E-state index contributed by atoms with van der Waals surface area (Å²) >= 11 is 0. The Hall–Kier alpha value is -3.62. The molecule has 34 heavy (non-hydrogen) atoms. The Morgan fingerprint density at radius 2 is 1.85 bits per heavy atom. The highest BCUT2D eigenvalue weighted by molar-refractivity contribution is 5.91. The van der Waals surface area contributed by atoms with Crippen LogP contribution in [0.15, 0.2) is 24.3 Å². The summed E-state index contributed by atoms with van der Waals surface area (Å²) in [5.74, 6) is 0.259. The lowest BCUT2D eigenvalue weighted by atomic mass is 9.96. The summed E-state index contributed by atoms with van der Waals surface area (Å²) in [4.78, 5) is 31.0. The van der Waals surface area contributed by atoms with Gasteiger partial charge in [0.25, 0.3) is 0 Å². The molecule has 0 saturated carbocycles. The molecule has 0 aliphatic carbocycles. The third-order valence-corrected chi connectivity index (χ3v) is 6.73. The smallest absolute Gasteiger partial charge is 0.242 e. The molecule has 1 saturated heterocycles. The SMILES string of the molecule is COc1nn(C)c2nc(C)c(CCC(=O)Nc3ccc(N4CCC(C(N)=O)CC4)cc3)c(C)c12. The first-order valence-corrected chi connectivity index (χ1v) is 11.6. The Labute approximate surface area is 199 Å². The first kappa shape index (κ1) is 23.5. The van der Waals surface area contributed by atoms with Crippen LogP contribution in [0.25, 0.3) is 11.0 Å². The van der Waals surface area contributed by atoms with Gasteiger partial charge in [-0.15, -0.1) is 5.10 Å². The van der Waals surface area contributed by atoms with Crippen molar-refractivity contribution in [2.24, 2.45) is 18.7 Å². The van der Waals surface area contributed by atoms with Crippen molar-refractivity contribution in [3.05, 3.63) is 41.1 Å². The molecule has 0 radical (unpaired) electrons. The molecule has 0 atom stereocenters. The van der Waals surface area contributed by atoms with E-state index in [1.54, 1.807) is 11.8 Å². The van der Waals surface area contributed by atoms with E-state index in [9.17, 15) is 9.59 Å². The van der Waals surface area contributed by atoms with Crippen molar-refractivity contribution in [2.75, 3.05) is 30.4 Å². The monoisotopic (exact) mass is 464 g/mol. The Morgan fingerprint density at radius 3 is 2.47 bits per heavy atom. The topological polar surface area (TPSA) is 115 Å².